The normalized spacial score (nSPS) is 22.4. The second-order valence-corrected chi connectivity index (χ2v) is 9.43. The first-order valence-corrected chi connectivity index (χ1v) is 11.3. The minimum Gasteiger partial charge on any atom is -0.377 e. The fourth-order valence-corrected chi connectivity index (χ4v) is 5.16. The van der Waals surface area contributed by atoms with E-state index in [-0.39, 0.29) is 10.8 Å². The summed E-state index contributed by atoms with van der Waals surface area (Å²) in [6.45, 7) is 4.33. The first-order valence-electron chi connectivity index (χ1n) is 9.72. The van der Waals surface area contributed by atoms with Crippen LogP contribution in [0.5, 0.6) is 0 Å². The highest BCUT2D eigenvalue weighted by Crippen LogP contribution is 2.50. The van der Waals surface area contributed by atoms with Gasteiger partial charge in [0.25, 0.3) is 0 Å². The van der Waals surface area contributed by atoms with Crippen molar-refractivity contribution in [2.24, 2.45) is 0 Å². The van der Waals surface area contributed by atoms with Crippen molar-refractivity contribution in [1.29, 1.82) is 0 Å². The van der Waals surface area contributed by atoms with Gasteiger partial charge in [-0.1, -0.05) is 12.1 Å². The lowest BCUT2D eigenvalue weighted by atomic mass is 10.1. The average molecular weight is 397 g/mol. The lowest BCUT2D eigenvalue weighted by Crippen LogP contribution is -2.44. The Labute approximate surface area is 166 Å². The van der Waals surface area contributed by atoms with Gasteiger partial charge >= 0.3 is 0 Å². The number of ether oxygens (including phenoxy) is 1. The minimum atomic E-state index is -0.961. The number of nitrogens with one attached hydrogen (secondary N) is 1. The highest BCUT2D eigenvalue weighted by atomic mass is 32.2. The smallest absolute Gasteiger partial charge is 0.162 e. The fraction of sp³-hybridized carbons (Fsp3) is 0.429. The first kappa shape index (κ1) is 17.8. The van der Waals surface area contributed by atoms with Crippen LogP contribution in [0.15, 0.2) is 36.5 Å². The van der Waals surface area contributed by atoms with Gasteiger partial charge < -0.3 is 14.6 Å². The van der Waals surface area contributed by atoms with Crippen LogP contribution in [0.2, 0.25) is 0 Å². The molecule has 5 rings (SSSR count). The maximum Gasteiger partial charge on any atom is 0.162 e. The Balaban J connectivity index is 1.69. The molecule has 146 valence electrons. The molecule has 1 aliphatic carbocycles. The number of hydrogen-bond donors (Lipinski definition) is 1. The molecule has 6 nitrogen and oxygen atoms in total. The molecule has 1 saturated carbocycles. The molecule has 0 radical (unpaired) electrons. The van der Waals surface area contributed by atoms with Crippen molar-refractivity contribution in [3.63, 3.8) is 0 Å². The van der Waals surface area contributed by atoms with Crippen LogP contribution in [0, 0.1) is 0 Å². The standard InChI is InChI=1S/C21H24N4O2S/c1-14-13-27-11-10-25(14)19-12-18(21(7-8-21)28(2)26)23-20(24-19)16-4-3-5-17-15(16)6-9-22-17/h3-6,9,12,14,22H,7-8,10-11,13H2,1-2H3/t14-,28-/m1/s1. The van der Waals surface area contributed by atoms with Gasteiger partial charge in [-0.2, -0.15) is 0 Å². The van der Waals surface area contributed by atoms with Gasteiger partial charge in [-0.3, -0.25) is 4.21 Å². The molecule has 1 saturated heterocycles. The Morgan fingerprint density at radius 1 is 1.29 bits per heavy atom. The van der Waals surface area contributed by atoms with Gasteiger partial charge in [-0.15, -0.1) is 0 Å². The summed E-state index contributed by atoms with van der Waals surface area (Å²) in [4.78, 5) is 15.4. The Bertz CT molecular complexity index is 1060. The summed E-state index contributed by atoms with van der Waals surface area (Å²) < 4.78 is 17.8. The van der Waals surface area contributed by atoms with Crippen LogP contribution >= 0.6 is 0 Å². The molecule has 2 atom stereocenters. The highest BCUT2D eigenvalue weighted by molar-refractivity contribution is 7.85. The molecule has 0 unspecified atom stereocenters. The maximum atomic E-state index is 12.5. The zero-order valence-electron chi connectivity index (χ0n) is 16.1. The molecule has 3 aromatic rings. The predicted molar refractivity (Wildman–Crippen MR) is 112 cm³/mol. The number of aromatic amines is 1. The molecule has 1 N–H and O–H groups in total. The summed E-state index contributed by atoms with van der Waals surface area (Å²) in [5.41, 5.74) is 2.97. The molecule has 7 heteroatoms. The van der Waals surface area contributed by atoms with Gasteiger partial charge in [-0.25, -0.2) is 9.97 Å². The quantitative estimate of drug-likeness (QED) is 0.733. The molecule has 2 aliphatic rings. The Hall–Kier alpha value is -2.25. The molecule has 1 aromatic carbocycles. The third-order valence-electron chi connectivity index (χ3n) is 5.93. The van der Waals surface area contributed by atoms with Crippen LogP contribution in [-0.2, 0) is 20.3 Å². The van der Waals surface area contributed by atoms with Crippen molar-refractivity contribution in [3.8, 4) is 11.4 Å². The van der Waals surface area contributed by atoms with Gasteiger partial charge in [0.1, 0.15) is 5.82 Å². The summed E-state index contributed by atoms with van der Waals surface area (Å²) in [5, 5.41) is 1.10. The van der Waals surface area contributed by atoms with Gasteiger partial charge in [0.05, 0.1) is 29.7 Å². The number of H-pyrrole nitrogens is 1. The monoisotopic (exact) mass is 396 g/mol. The summed E-state index contributed by atoms with van der Waals surface area (Å²) in [6.07, 6.45) is 5.56. The van der Waals surface area contributed by atoms with Crippen molar-refractivity contribution >= 4 is 27.5 Å². The second kappa shape index (κ2) is 6.67. The molecule has 1 aliphatic heterocycles. The molecule has 2 fully saturated rings. The van der Waals surface area contributed by atoms with E-state index < -0.39 is 10.8 Å². The van der Waals surface area contributed by atoms with E-state index in [1.807, 2.05) is 12.3 Å². The van der Waals surface area contributed by atoms with Crippen LogP contribution < -0.4 is 4.90 Å². The van der Waals surface area contributed by atoms with E-state index in [4.69, 9.17) is 14.7 Å². The van der Waals surface area contributed by atoms with Crippen LogP contribution in [0.1, 0.15) is 25.5 Å². The third-order valence-corrected chi connectivity index (χ3v) is 7.65. The number of fused-ring (bicyclic) bond motifs is 1. The van der Waals surface area contributed by atoms with Crippen molar-refractivity contribution in [1.82, 2.24) is 15.0 Å². The lowest BCUT2D eigenvalue weighted by Gasteiger charge is -2.34. The van der Waals surface area contributed by atoms with Crippen molar-refractivity contribution in [2.45, 2.75) is 30.6 Å². The number of benzene rings is 1. The Morgan fingerprint density at radius 2 is 2.14 bits per heavy atom. The van der Waals surface area contributed by atoms with Crippen molar-refractivity contribution < 1.29 is 8.95 Å². The maximum absolute atomic E-state index is 12.5. The molecule has 3 heterocycles. The van der Waals surface area contributed by atoms with E-state index in [1.165, 1.54) is 0 Å². The highest BCUT2D eigenvalue weighted by Gasteiger charge is 2.50. The van der Waals surface area contributed by atoms with Crippen LogP contribution in [0.25, 0.3) is 22.3 Å². The van der Waals surface area contributed by atoms with Gasteiger partial charge in [-0.05, 0) is 31.9 Å². The topological polar surface area (TPSA) is 71.1 Å². The molecule has 0 amide bonds. The van der Waals surface area contributed by atoms with Crippen molar-refractivity contribution in [3.05, 3.63) is 42.2 Å². The fourth-order valence-electron chi connectivity index (χ4n) is 4.09. The van der Waals surface area contributed by atoms with Crippen LogP contribution in [0.4, 0.5) is 5.82 Å². The van der Waals surface area contributed by atoms with E-state index in [2.05, 4.69) is 41.1 Å². The molecular weight excluding hydrogens is 372 g/mol. The summed E-state index contributed by atoms with van der Waals surface area (Å²) in [7, 11) is -0.961. The molecular formula is C21H24N4O2S. The summed E-state index contributed by atoms with van der Waals surface area (Å²) in [5.74, 6) is 1.60. The number of morpholine rings is 1. The molecule has 28 heavy (non-hydrogen) atoms. The number of rotatable bonds is 4. The van der Waals surface area contributed by atoms with Crippen LogP contribution in [0.3, 0.4) is 0 Å². The second-order valence-electron chi connectivity index (χ2n) is 7.75. The van der Waals surface area contributed by atoms with E-state index in [0.717, 1.165) is 47.4 Å². The Kier molecular flexibility index (Phi) is 4.25. The van der Waals surface area contributed by atoms with Crippen LogP contribution in [-0.4, -0.2) is 51.2 Å². The largest absolute Gasteiger partial charge is 0.377 e. The number of hydrogen-bond acceptors (Lipinski definition) is 5. The van der Waals surface area contributed by atoms with Gasteiger partial charge in [0, 0.05) is 52.3 Å². The van der Waals surface area contributed by atoms with Crippen molar-refractivity contribution in [2.75, 3.05) is 30.9 Å². The summed E-state index contributed by atoms with van der Waals surface area (Å²) >= 11 is 0. The lowest BCUT2D eigenvalue weighted by molar-refractivity contribution is 0.0985. The minimum absolute atomic E-state index is 0.245. The number of anilines is 1. The summed E-state index contributed by atoms with van der Waals surface area (Å²) in [6, 6.07) is 10.5. The molecule has 0 bridgehead atoms. The van der Waals surface area contributed by atoms with Gasteiger partial charge in [0.2, 0.25) is 0 Å². The predicted octanol–water partition coefficient (Wildman–Crippen LogP) is 3.22. The van der Waals surface area contributed by atoms with E-state index >= 15 is 0 Å². The number of aromatic nitrogens is 3. The molecule has 0 spiro atoms. The van der Waals surface area contributed by atoms with Gasteiger partial charge in [0.15, 0.2) is 5.82 Å². The average Bonchev–Trinajstić information content (AvgIpc) is 3.39. The van der Waals surface area contributed by atoms with E-state index in [1.54, 1.807) is 6.26 Å². The van der Waals surface area contributed by atoms with E-state index in [9.17, 15) is 4.21 Å². The first-order chi connectivity index (χ1) is 13.6. The Morgan fingerprint density at radius 3 is 2.89 bits per heavy atom. The zero-order valence-corrected chi connectivity index (χ0v) is 17.0. The molecule has 2 aromatic heterocycles. The third kappa shape index (κ3) is 2.84. The SMILES string of the molecule is C[C@@H]1COCCN1c1cc(C2([S@@](C)=O)CC2)nc(-c2cccc3[nH]ccc23)n1. The zero-order chi connectivity index (χ0) is 19.3. The number of nitrogens with zero attached hydrogens (tertiary/aromatic N) is 3. The van der Waals surface area contributed by atoms with E-state index in [0.29, 0.717) is 19.0 Å².